The van der Waals surface area contributed by atoms with Crippen LogP contribution >= 0.6 is 0 Å². The molecule has 0 amide bonds. The molecule has 0 unspecified atom stereocenters. The van der Waals surface area contributed by atoms with Crippen LogP contribution in [0.5, 0.6) is 0 Å². The molecule has 0 heterocycles. The maximum atomic E-state index is 8.65. The number of hydrogen-bond donors (Lipinski definition) is 1. The Bertz CT molecular complexity index is 143. The predicted molar refractivity (Wildman–Crippen MR) is 40.2 cm³/mol. The largest absolute Gasteiger partial charge is 0.392 e. The lowest BCUT2D eigenvalue weighted by Gasteiger charge is -1.97. The van der Waals surface area contributed by atoms with Crippen molar-refractivity contribution in [2.24, 2.45) is 0 Å². The first-order valence-corrected chi connectivity index (χ1v) is 2.81. The number of aliphatic hydroxyl groups excluding tert-OH is 1. The molecule has 0 fully saturated rings. The Balaban J connectivity index is 4.36. The zero-order valence-electron chi connectivity index (χ0n) is 5.72. The van der Waals surface area contributed by atoms with Gasteiger partial charge in [-0.3, -0.25) is 0 Å². The van der Waals surface area contributed by atoms with Crippen LogP contribution in [0.3, 0.4) is 0 Å². The molecule has 0 radical (unpaired) electrons. The van der Waals surface area contributed by atoms with Crippen LogP contribution in [0.15, 0.2) is 36.5 Å². The summed E-state index contributed by atoms with van der Waals surface area (Å²) in [4.78, 5) is 0. The lowest BCUT2D eigenvalue weighted by atomic mass is 10.1. The van der Waals surface area contributed by atoms with E-state index in [1.54, 1.807) is 12.2 Å². The van der Waals surface area contributed by atoms with Crippen molar-refractivity contribution in [2.75, 3.05) is 6.61 Å². The van der Waals surface area contributed by atoms with Gasteiger partial charge in [0.2, 0.25) is 0 Å². The van der Waals surface area contributed by atoms with E-state index in [4.69, 9.17) is 5.11 Å². The van der Waals surface area contributed by atoms with Crippen LogP contribution in [0.1, 0.15) is 6.92 Å². The normalized spacial score (nSPS) is 12.2. The third kappa shape index (κ3) is 2.29. The molecule has 1 nitrogen and oxygen atoms in total. The van der Waals surface area contributed by atoms with Crippen molar-refractivity contribution in [3.8, 4) is 0 Å². The molecular weight excluding hydrogens is 112 g/mol. The van der Waals surface area contributed by atoms with E-state index in [9.17, 15) is 0 Å². The van der Waals surface area contributed by atoms with Crippen LogP contribution in [0.25, 0.3) is 0 Å². The van der Waals surface area contributed by atoms with Gasteiger partial charge in [0.25, 0.3) is 0 Å². The van der Waals surface area contributed by atoms with Crippen LogP contribution in [0.2, 0.25) is 0 Å². The standard InChI is InChI=1S/C8H12O/c1-4-7(3)8(5-2)6-9/h4-5,9H,1-2,6H2,3H3/b8-7+. The molecule has 0 rings (SSSR count). The highest BCUT2D eigenvalue weighted by Crippen LogP contribution is 2.03. The van der Waals surface area contributed by atoms with Gasteiger partial charge in [-0.05, 0) is 18.1 Å². The fourth-order valence-corrected chi connectivity index (χ4v) is 0.481. The second-order valence-electron chi connectivity index (χ2n) is 1.77. The minimum Gasteiger partial charge on any atom is -0.392 e. The second kappa shape index (κ2) is 4.10. The monoisotopic (exact) mass is 124 g/mol. The Morgan fingerprint density at radius 2 is 2.00 bits per heavy atom. The molecule has 0 aliphatic carbocycles. The minimum atomic E-state index is 0.0430. The van der Waals surface area contributed by atoms with Crippen molar-refractivity contribution in [2.45, 2.75) is 6.92 Å². The third-order valence-electron chi connectivity index (χ3n) is 1.23. The topological polar surface area (TPSA) is 20.2 Å². The first-order chi connectivity index (χ1) is 4.26. The average molecular weight is 124 g/mol. The quantitative estimate of drug-likeness (QED) is 0.567. The van der Waals surface area contributed by atoms with Crippen molar-refractivity contribution < 1.29 is 5.11 Å². The summed E-state index contributed by atoms with van der Waals surface area (Å²) in [5, 5.41) is 8.65. The highest BCUT2D eigenvalue weighted by atomic mass is 16.3. The van der Waals surface area contributed by atoms with Gasteiger partial charge in [0.1, 0.15) is 0 Å². The summed E-state index contributed by atoms with van der Waals surface area (Å²) < 4.78 is 0. The van der Waals surface area contributed by atoms with E-state index in [2.05, 4.69) is 13.2 Å². The molecule has 0 spiro atoms. The van der Waals surface area contributed by atoms with E-state index < -0.39 is 0 Å². The van der Waals surface area contributed by atoms with Gasteiger partial charge in [-0.2, -0.15) is 0 Å². The minimum absolute atomic E-state index is 0.0430. The van der Waals surface area contributed by atoms with Crippen molar-refractivity contribution in [3.05, 3.63) is 36.5 Å². The molecular formula is C8H12O. The molecule has 0 aliphatic rings. The van der Waals surface area contributed by atoms with Gasteiger partial charge in [0, 0.05) is 0 Å². The van der Waals surface area contributed by atoms with Gasteiger partial charge < -0.3 is 5.11 Å². The summed E-state index contributed by atoms with van der Waals surface area (Å²) in [6.07, 6.45) is 3.34. The SMILES string of the molecule is C=C/C(C)=C(\C=C)CO. The molecule has 0 atom stereocenters. The van der Waals surface area contributed by atoms with Crippen LogP contribution in [0, 0.1) is 0 Å². The van der Waals surface area contributed by atoms with Crippen LogP contribution in [-0.4, -0.2) is 11.7 Å². The van der Waals surface area contributed by atoms with Gasteiger partial charge in [-0.25, -0.2) is 0 Å². The summed E-state index contributed by atoms with van der Waals surface area (Å²) in [7, 11) is 0. The average Bonchev–Trinajstić information content (AvgIpc) is 1.90. The van der Waals surface area contributed by atoms with E-state index in [1.165, 1.54) is 0 Å². The Kier molecular flexibility index (Phi) is 3.72. The molecule has 1 N–H and O–H groups in total. The molecule has 50 valence electrons. The molecule has 1 heteroatoms. The molecule has 0 saturated heterocycles. The summed E-state index contributed by atoms with van der Waals surface area (Å²) in [6, 6.07) is 0. The third-order valence-corrected chi connectivity index (χ3v) is 1.23. The van der Waals surface area contributed by atoms with Crippen molar-refractivity contribution in [3.63, 3.8) is 0 Å². The Morgan fingerprint density at radius 1 is 1.44 bits per heavy atom. The van der Waals surface area contributed by atoms with Gasteiger partial charge in [-0.1, -0.05) is 25.3 Å². The van der Waals surface area contributed by atoms with E-state index >= 15 is 0 Å². The summed E-state index contributed by atoms with van der Waals surface area (Å²) in [6.45, 7) is 9.03. The Morgan fingerprint density at radius 3 is 2.11 bits per heavy atom. The Labute approximate surface area is 56.0 Å². The lowest BCUT2D eigenvalue weighted by molar-refractivity contribution is 0.334. The summed E-state index contributed by atoms with van der Waals surface area (Å²) in [5.74, 6) is 0. The van der Waals surface area contributed by atoms with Gasteiger partial charge in [0.05, 0.1) is 6.61 Å². The highest BCUT2D eigenvalue weighted by molar-refractivity contribution is 5.29. The maximum absolute atomic E-state index is 8.65. The summed E-state index contributed by atoms with van der Waals surface area (Å²) in [5.41, 5.74) is 1.82. The predicted octanol–water partition coefficient (Wildman–Crippen LogP) is 1.67. The van der Waals surface area contributed by atoms with Gasteiger partial charge in [0.15, 0.2) is 0 Å². The van der Waals surface area contributed by atoms with Crippen molar-refractivity contribution >= 4 is 0 Å². The van der Waals surface area contributed by atoms with E-state index in [0.29, 0.717) is 0 Å². The number of aliphatic hydroxyl groups is 1. The molecule has 0 aromatic heterocycles. The molecule has 0 aromatic carbocycles. The molecule has 9 heavy (non-hydrogen) atoms. The van der Waals surface area contributed by atoms with E-state index in [1.807, 2.05) is 6.92 Å². The molecule has 0 aromatic rings. The van der Waals surface area contributed by atoms with E-state index in [-0.39, 0.29) is 6.61 Å². The molecule has 0 saturated carbocycles. The maximum Gasteiger partial charge on any atom is 0.0684 e. The number of rotatable bonds is 3. The number of allylic oxidation sites excluding steroid dienone is 2. The van der Waals surface area contributed by atoms with Crippen LogP contribution in [0.4, 0.5) is 0 Å². The van der Waals surface area contributed by atoms with Gasteiger partial charge in [-0.15, -0.1) is 0 Å². The van der Waals surface area contributed by atoms with Crippen LogP contribution in [-0.2, 0) is 0 Å². The van der Waals surface area contributed by atoms with E-state index in [0.717, 1.165) is 11.1 Å². The van der Waals surface area contributed by atoms with Crippen LogP contribution < -0.4 is 0 Å². The lowest BCUT2D eigenvalue weighted by Crippen LogP contribution is -1.88. The number of hydrogen-bond acceptors (Lipinski definition) is 1. The second-order valence-corrected chi connectivity index (χ2v) is 1.77. The zero-order chi connectivity index (χ0) is 7.28. The highest BCUT2D eigenvalue weighted by Gasteiger charge is 1.89. The first-order valence-electron chi connectivity index (χ1n) is 2.81. The Hall–Kier alpha value is -0.820. The fraction of sp³-hybridized carbons (Fsp3) is 0.250. The summed E-state index contributed by atoms with van der Waals surface area (Å²) >= 11 is 0. The first kappa shape index (κ1) is 8.18. The molecule has 0 aliphatic heterocycles. The fourth-order valence-electron chi connectivity index (χ4n) is 0.481. The van der Waals surface area contributed by atoms with Crippen molar-refractivity contribution in [1.82, 2.24) is 0 Å². The van der Waals surface area contributed by atoms with Crippen molar-refractivity contribution in [1.29, 1.82) is 0 Å². The van der Waals surface area contributed by atoms with Gasteiger partial charge >= 0.3 is 0 Å². The smallest absolute Gasteiger partial charge is 0.0684 e. The zero-order valence-corrected chi connectivity index (χ0v) is 5.72. The molecule has 0 bridgehead atoms.